The van der Waals surface area contributed by atoms with E-state index < -0.39 is 0 Å². The van der Waals surface area contributed by atoms with Crippen molar-refractivity contribution >= 4 is 23.2 Å². The summed E-state index contributed by atoms with van der Waals surface area (Å²) in [7, 11) is 1.90. The van der Waals surface area contributed by atoms with Crippen molar-refractivity contribution < 1.29 is 9.69 Å². The van der Waals surface area contributed by atoms with Gasteiger partial charge < -0.3 is 14.7 Å². The minimum atomic E-state index is 0.206. The Hall–Kier alpha value is -2.04. The molecule has 1 heterocycles. The maximum atomic E-state index is 12.6. The molecular weight excluding hydrogens is 358 g/mol. The van der Waals surface area contributed by atoms with E-state index in [0.29, 0.717) is 13.1 Å². The van der Waals surface area contributed by atoms with Gasteiger partial charge in [0.25, 0.3) is 5.91 Å². The maximum Gasteiger partial charge on any atom is 0.277 e. The molecule has 0 aromatic heterocycles. The highest BCUT2D eigenvalue weighted by Gasteiger charge is 2.24. The van der Waals surface area contributed by atoms with E-state index >= 15 is 0 Å². The quantitative estimate of drug-likeness (QED) is 0.854. The number of nitrogens with zero attached hydrogens (tertiary/aromatic N) is 2. The largest absolute Gasteiger partial charge is 0.360 e. The Bertz CT molecular complexity index is 783. The van der Waals surface area contributed by atoms with Gasteiger partial charge in [-0.2, -0.15) is 0 Å². The van der Waals surface area contributed by atoms with Crippen LogP contribution in [0.2, 0.25) is 5.02 Å². The molecule has 1 fully saturated rings. The smallest absolute Gasteiger partial charge is 0.277 e. The van der Waals surface area contributed by atoms with Crippen LogP contribution in [0.4, 0.5) is 5.69 Å². The number of benzene rings is 2. The molecule has 0 unspecified atom stereocenters. The molecule has 0 saturated carbocycles. The summed E-state index contributed by atoms with van der Waals surface area (Å²) in [5.41, 5.74) is 4.87. The van der Waals surface area contributed by atoms with Crippen LogP contribution in [0.3, 0.4) is 0 Å². The standard InChI is InChI=1S/C22H28ClN3O/c1-17-4-7-19(8-5-17)15-24(3)22(27)16-25-10-12-26(13-11-25)21-14-20(23)9-6-18(21)2/h4-9,14H,10-13,15-16H2,1-3H3/p+1. The van der Waals surface area contributed by atoms with E-state index in [4.69, 9.17) is 11.6 Å². The van der Waals surface area contributed by atoms with Gasteiger partial charge in [-0.1, -0.05) is 47.5 Å². The van der Waals surface area contributed by atoms with Crippen molar-refractivity contribution in [1.82, 2.24) is 4.90 Å². The van der Waals surface area contributed by atoms with Gasteiger partial charge in [-0.15, -0.1) is 0 Å². The minimum absolute atomic E-state index is 0.206. The average Bonchev–Trinajstić information content (AvgIpc) is 2.66. The van der Waals surface area contributed by atoms with E-state index in [9.17, 15) is 4.79 Å². The number of rotatable bonds is 5. The molecule has 144 valence electrons. The van der Waals surface area contributed by atoms with Crippen molar-refractivity contribution in [3.8, 4) is 0 Å². The van der Waals surface area contributed by atoms with Crippen LogP contribution in [0, 0.1) is 13.8 Å². The number of anilines is 1. The summed E-state index contributed by atoms with van der Waals surface area (Å²) in [6, 6.07) is 14.4. The lowest BCUT2D eigenvalue weighted by molar-refractivity contribution is -0.892. The van der Waals surface area contributed by atoms with Crippen LogP contribution < -0.4 is 9.80 Å². The number of carbonyl (C=O) groups excluding carboxylic acids is 1. The van der Waals surface area contributed by atoms with E-state index in [1.54, 1.807) is 0 Å². The molecule has 1 N–H and O–H groups in total. The highest BCUT2D eigenvalue weighted by molar-refractivity contribution is 6.30. The summed E-state index contributed by atoms with van der Waals surface area (Å²) in [4.78, 5) is 18.2. The van der Waals surface area contributed by atoms with Crippen LogP contribution in [-0.2, 0) is 11.3 Å². The number of nitrogens with one attached hydrogen (secondary N) is 1. The third kappa shape index (κ3) is 5.24. The molecule has 3 rings (SSSR count). The number of carbonyl (C=O) groups is 1. The van der Waals surface area contributed by atoms with Crippen LogP contribution in [0.25, 0.3) is 0 Å². The molecule has 27 heavy (non-hydrogen) atoms. The van der Waals surface area contributed by atoms with Gasteiger partial charge in [0.1, 0.15) is 0 Å². The Balaban J connectivity index is 1.50. The topological polar surface area (TPSA) is 28.0 Å². The average molecular weight is 387 g/mol. The number of hydrogen-bond donors (Lipinski definition) is 1. The normalized spacial score (nSPS) is 15.0. The van der Waals surface area contributed by atoms with Gasteiger partial charge in [0.2, 0.25) is 0 Å². The lowest BCUT2D eigenvalue weighted by Crippen LogP contribution is -3.15. The van der Waals surface area contributed by atoms with E-state index in [1.807, 2.05) is 24.1 Å². The van der Waals surface area contributed by atoms with Gasteiger partial charge in [0.15, 0.2) is 6.54 Å². The summed E-state index contributed by atoms with van der Waals surface area (Å²) in [5, 5.41) is 0.776. The van der Waals surface area contributed by atoms with Crippen molar-refractivity contribution in [2.45, 2.75) is 20.4 Å². The Kier molecular flexibility index (Phi) is 6.40. The number of hydrogen-bond acceptors (Lipinski definition) is 2. The highest BCUT2D eigenvalue weighted by Crippen LogP contribution is 2.24. The van der Waals surface area contributed by atoms with Gasteiger partial charge in [-0.3, -0.25) is 4.79 Å². The molecule has 4 nitrogen and oxygen atoms in total. The van der Waals surface area contributed by atoms with Gasteiger partial charge in [0.05, 0.1) is 26.2 Å². The number of quaternary nitrogens is 1. The van der Waals surface area contributed by atoms with Crippen LogP contribution in [0.5, 0.6) is 0 Å². The van der Waals surface area contributed by atoms with Crippen LogP contribution >= 0.6 is 11.6 Å². The lowest BCUT2D eigenvalue weighted by atomic mass is 10.1. The Labute approximate surface area is 167 Å². The van der Waals surface area contributed by atoms with Crippen LogP contribution in [-0.4, -0.2) is 50.6 Å². The summed E-state index contributed by atoms with van der Waals surface area (Å²) < 4.78 is 0. The first-order valence-corrected chi connectivity index (χ1v) is 9.94. The maximum absolute atomic E-state index is 12.6. The van der Waals surface area contributed by atoms with Gasteiger partial charge in [-0.05, 0) is 37.1 Å². The van der Waals surface area contributed by atoms with Crippen molar-refractivity contribution in [2.24, 2.45) is 0 Å². The Morgan fingerprint density at radius 2 is 1.78 bits per heavy atom. The summed E-state index contributed by atoms with van der Waals surface area (Å²) in [6.45, 7) is 9.26. The lowest BCUT2D eigenvalue weighted by Gasteiger charge is -2.34. The monoisotopic (exact) mass is 386 g/mol. The molecule has 1 amide bonds. The predicted molar refractivity (Wildman–Crippen MR) is 112 cm³/mol. The molecule has 0 bridgehead atoms. The molecule has 0 spiro atoms. The SMILES string of the molecule is Cc1ccc(CN(C)C(=O)C[NH+]2CCN(c3cc(Cl)ccc3C)CC2)cc1. The minimum Gasteiger partial charge on any atom is -0.360 e. The highest BCUT2D eigenvalue weighted by atomic mass is 35.5. The zero-order valence-corrected chi connectivity index (χ0v) is 17.2. The Morgan fingerprint density at radius 1 is 1.11 bits per heavy atom. The molecular formula is C22H29ClN3O+. The first-order chi connectivity index (χ1) is 12.9. The van der Waals surface area contributed by atoms with Crippen LogP contribution in [0.1, 0.15) is 16.7 Å². The first-order valence-electron chi connectivity index (χ1n) is 9.56. The number of halogens is 1. The van der Waals surface area contributed by atoms with E-state index in [2.05, 4.69) is 49.1 Å². The van der Waals surface area contributed by atoms with Gasteiger partial charge in [0, 0.05) is 24.3 Å². The number of aryl methyl sites for hydroxylation is 2. The fourth-order valence-corrected chi connectivity index (χ4v) is 3.73. The van der Waals surface area contributed by atoms with Gasteiger partial charge in [-0.25, -0.2) is 0 Å². The number of likely N-dealkylation sites (N-methyl/N-ethyl adjacent to an activating group) is 1. The summed E-state index contributed by atoms with van der Waals surface area (Å²) in [6.07, 6.45) is 0. The molecule has 1 aliphatic heterocycles. The van der Waals surface area contributed by atoms with E-state index in [1.165, 1.54) is 27.3 Å². The van der Waals surface area contributed by atoms with Crippen molar-refractivity contribution in [2.75, 3.05) is 44.7 Å². The molecule has 1 saturated heterocycles. The van der Waals surface area contributed by atoms with E-state index in [0.717, 1.165) is 31.2 Å². The second kappa shape index (κ2) is 8.77. The third-order valence-electron chi connectivity index (χ3n) is 5.35. The van der Waals surface area contributed by atoms with Crippen molar-refractivity contribution in [3.63, 3.8) is 0 Å². The Morgan fingerprint density at radius 3 is 2.44 bits per heavy atom. The second-order valence-electron chi connectivity index (χ2n) is 7.58. The third-order valence-corrected chi connectivity index (χ3v) is 5.58. The predicted octanol–water partition coefficient (Wildman–Crippen LogP) is 2.32. The molecule has 0 atom stereocenters. The summed E-state index contributed by atoms with van der Waals surface area (Å²) in [5.74, 6) is 0.206. The first kappa shape index (κ1) is 19.7. The molecule has 0 aliphatic carbocycles. The summed E-state index contributed by atoms with van der Waals surface area (Å²) >= 11 is 6.16. The molecule has 2 aromatic carbocycles. The molecule has 0 radical (unpaired) electrons. The molecule has 1 aliphatic rings. The fourth-order valence-electron chi connectivity index (χ4n) is 3.57. The second-order valence-corrected chi connectivity index (χ2v) is 8.02. The zero-order valence-electron chi connectivity index (χ0n) is 16.5. The molecule has 2 aromatic rings. The number of amides is 1. The van der Waals surface area contributed by atoms with Gasteiger partial charge >= 0.3 is 0 Å². The number of piperazine rings is 1. The fraction of sp³-hybridized carbons (Fsp3) is 0.409. The van der Waals surface area contributed by atoms with Crippen molar-refractivity contribution in [3.05, 3.63) is 64.2 Å². The van der Waals surface area contributed by atoms with Crippen LogP contribution in [0.15, 0.2) is 42.5 Å². The molecule has 5 heteroatoms. The zero-order chi connectivity index (χ0) is 19.4. The van der Waals surface area contributed by atoms with Crippen molar-refractivity contribution in [1.29, 1.82) is 0 Å². The van der Waals surface area contributed by atoms with E-state index in [-0.39, 0.29) is 5.91 Å².